The second-order valence-corrected chi connectivity index (χ2v) is 8.53. The summed E-state index contributed by atoms with van der Waals surface area (Å²) < 4.78 is 65.2. The molecule has 3 rings (SSSR count). The van der Waals surface area contributed by atoms with Gasteiger partial charge in [-0.2, -0.15) is 13.2 Å². The number of nitrogens with zero attached hydrogens (tertiary/aromatic N) is 1. The summed E-state index contributed by atoms with van der Waals surface area (Å²) in [6, 6.07) is 10.5. The summed E-state index contributed by atoms with van der Waals surface area (Å²) in [4.78, 5) is 12.3. The average Bonchev–Trinajstić information content (AvgIpc) is 3.17. The van der Waals surface area contributed by atoms with E-state index in [0.717, 1.165) is 18.9 Å². The monoisotopic (exact) mass is 412 g/mol. The normalized spacial score (nSPS) is 15.5. The molecule has 1 aliphatic rings. The fourth-order valence-electron chi connectivity index (χ4n) is 3.05. The number of nitrogens with one attached hydrogen (secondary N) is 1. The Labute approximate surface area is 161 Å². The summed E-state index contributed by atoms with van der Waals surface area (Å²) in [6.07, 6.45) is -2.90. The highest BCUT2D eigenvalue weighted by atomic mass is 32.2. The second kappa shape index (κ2) is 7.92. The highest BCUT2D eigenvalue weighted by Gasteiger charge is 2.33. The molecule has 0 atom stereocenters. The van der Waals surface area contributed by atoms with Crippen molar-refractivity contribution in [3.63, 3.8) is 0 Å². The van der Waals surface area contributed by atoms with Crippen molar-refractivity contribution in [2.24, 2.45) is 0 Å². The first-order chi connectivity index (χ1) is 13.2. The molecule has 1 heterocycles. The fourth-order valence-corrected chi connectivity index (χ4v) is 4.67. The first kappa shape index (κ1) is 20.3. The van der Waals surface area contributed by atoms with E-state index in [0.29, 0.717) is 18.7 Å². The average molecular weight is 412 g/mol. The summed E-state index contributed by atoms with van der Waals surface area (Å²) in [5.41, 5.74) is -0.615. The number of hydrogen-bond donors (Lipinski definition) is 1. The first-order valence-electron chi connectivity index (χ1n) is 8.71. The molecule has 0 unspecified atom stereocenters. The van der Waals surface area contributed by atoms with Gasteiger partial charge in [0.25, 0.3) is 5.91 Å². The minimum absolute atomic E-state index is 0.138. The minimum atomic E-state index is -4.59. The largest absolute Gasteiger partial charge is 0.418 e. The van der Waals surface area contributed by atoms with E-state index in [-0.39, 0.29) is 17.0 Å². The highest BCUT2D eigenvalue weighted by molar-refractivity contribution is 7.88. The van der Waals surface area contributed by atoms with Crippen molar-refractivity contribution >= 4 is 21.6 Å². The summed E-state index contributed by atoms with van der Waals surface area (Å²) in [7, 11) is -3.41. The number of anilines is 1. The van der Waals surface area contributed by atoms with Gasteiger partial charge in [0, 0.05) is 18.7 Å². The van der Waals surface area contributed by atoms with E-state index in [1.54, 1.807) is 0 Å². The lowest BCUT2D eigenvalue weighted by Gasteiger charge is -2.15. The molecule has 0 aromatic heterocycles. The summed E-state index contributed by atoms with van der Waals surface area (Å²) >= 11 is 0. The van der Waals surface area contributed by atoms with E-state index in [1.165, 1.54) is 46.8 Å². The molecule has 28 heavy (non-hydrogen) atoms. The van der Waals surface area contributed by atoms with Crippen LogP contribution in [0.1, 0.15) is 34.3 Å². The Balaban J connectivity index is 1.71. The van der Waals surface area contributed by atoms with Crippen molar-refractivity contribution in [3.05, 3.63) is 65.2 Å². The van der Waals surface area contributed by atoms with Crippen LogP contribution in [0, 0.1) is 0 Å². The van der Waals surface area contributed by atoms with Crippen molar-refractivity contribution in [2.45, 2.75) is 24.8 Å². The molecule has 150 valence electrons. The number of carbonyl (C=O) groups is 1. The lowest BCUT2D eigenvalue weighted by atomic mass is 10.1. The van der Waals surface area contributed by atoms with Crippen LogP contribution >= 0.6 is 0 Å². The van der Waals surface area contributed by atoms with E-state index in [1.807, 2.05) is 0 Å². The zero-order valence-corrected chi connectivity index (χ0v) is 15.7. The molecule has 1 aliphatic heterocycles. The predicted octanol–water partition coefficient (Wildman–Crippen LogP) is 3.88. The van der Waals surface area contributed by atoms with Crippen molar-refractivity contribution in [1.29, 1.82) is 0 Å². The van der Waals surface area contributed by atoms with Gasteiger partial charge in [0.05, 0.1) is 17.0 Å². The van der Waals surface area contributed by atoms with Crippen LogP contribution in [0.25, 0.3) is 0 Å². The number of para-hydroxylation sites is 1. The summed E-state index contributed by atoms with van der Waals surface area (Å²) in [5, 5.41) is 2.26. The molecular formula is C19H19F3N2O3S. The standard InChI is InChI=1S/C19H19F3N2O3S/c20-19(21,22)16-5-1-2-6-17(16)23-18(25)15-9-7-14(8-10-15)13-28(26,27)24-11-3-4-12-24/h1-2,5-10H,3-4,11-13H2,(H,23,25). The molecule has 1 amide bonds. The predicted molar refractivity (Wildman–Crippen MR) is 99.3 cm³/mol. The maximum atomic E-state index is 13.0. The maximum Gasteiger partial charge on any atom is 0.418 e. The Bertz CT molecular complexity index is 951. The molecule has 2 aromatic carbocycles. The Morgan fingerprint density at radius 3 is 2.21 bits per heavy atom. The van der Waals surface area contributed by atoms with E-state index in [4.69, 9.17) is 0 Å². The number of sulfonamides is 1. The Morgan fingerprint density at radius 2 is 1.61 bits per heavy atom. The van der Waals surface area contributed by atoms with Gasteiger partial charge in [-0.25, -0.2) is 12.7 Å². The lowest BCUT2D eigenvalue weighted by Crippen LogP contribution is -2.29. The van der Waals surface area contributed by atoms with Gasteiger partial charge in [0.1, 0.15) is 0 Å². The SMILES string of the molecule is O=C(Nc1ccccc1C(F)(F)F)c1ccc(CS(=O)(=O)N2CCCC2)cc1. The molecule has 0 saturated carbocycles. The van der Waals surface area contributed by atoms with Gasteiger partial charge >= 0.3 is 6.18 Å². The number of hydrogen-bond acceptors (Lipinski definition) is 3. The third-order valence-electron chi connectivity index (χ3n) is 4.50. The topological polar surface area (TPSA) is 66.5 Å². The number of amides is 1. The number of benzene rings is 2. The smallest absolute Gasteiger partial charge is 0.321 e. The molecule has 0 spiro atoms. The second-order valence-electron chi connectivity index (χ2n) is 6.56. The van der Waals surface area contributed by atoms with Gasteiger partial charge in [-0.3, -0.25) is 4.79 Å². The van der Waals surface area contributed by atoms with Crippen LogP contribution in [0.5, 0.6) is 0 Å². The Hall–Kier alpha value is -2.39. The van der Waals surface area contributed by atoms with E-state index in [2.05, 4.69) is 5.32 Å². The third-order valence-corrected chi connectivity index (χ3v) is 6.35. The van der Waals surface area contributed by atoms with Crippen molar-refractivity contribution in [3.8, 4) is 0 Å². The first-order valence-corrected chi connectivity index (χ1v) is 10.3. The van der Waals surface area contributed by atoms with Gasteiger partial charge in [-0.1, -0.05) is 24.3 Å². The summed E-state index contributed by atoms with van der Waals surface area (Å²) in [5.74, 6) is -0.878. The highest BCUT2D eigenvalue weighted by Crippen LogP contribution is 2.34. The lowest BCUT2D eigenvalue weighted by molar-refractivity contribution is -0.136. The van der Waals surface area contributed by atoms with E-state index in [9.17, 15) is 26.4 Å². The minimum Gasteiger partial charge on any atom is -0.321 e. The molecule has 1 N–H and O–H groups in total. The zero-order valence-electron chi connectivity index (χ0n) is 14.9. The number of halogens is 3. The van der Waals surface area contributed by atoms with Crippen LogP contribution in [0.3, 0.4) is 0 Å². The van der Waals surface area contributed by atoms with Crippen molar-refractivity contribution < 1.29 is 26.4 Å². The van der Waals surface area contributed by atoms with Crippen LogP contribution in [0.2, 0.25) is 0 Å². The Kier molecular flexibility index (Phi) is 5.76. The molecule has 1 saturated heterocycles. The van der Waals surface area contributed by atoms with Crippen LogP contribution in [0.15, 0.2) is 48.5 Å². The van der Waals surface area contributed by atoms with Crippen LogP contribution < -0.4 is 5.32 Å². The fraction of sp³-hybridized carbons (Fsp3) is 0.316. The molecular weight excluding hydrogens is 393 g/mol. The molecule has 9 heteroatoms. The van der Waals surface area contributed by atoms with Gasteiger partial charge in [-0.05, 0) is 42.7 Å². The van der Waals surface area contributed by atoms with Gasteiger partial charge in [0.2, 0.25) is 10.0 Å². The van der Waals surface area contributed by atoms with Crippen molar-refractivity contribution in [2.75, 3.05) is 18.4 Å². The van der Waals surface area contributed by atoms with Crippen molar-refractivity contribution in [1.82, 2.24) is 4.31 Å². The third kappa shape index (κ3) is 4.71. The number of alkyl halides is 3. The van der Waals surface area contributed by atoms with Crippen LogP contribution in [-0.2, 0) is 22.0 Å². The Morgan fingerprint density at radius 1 is 1.00 bits per heavy atom. The zero-order chi connectivity index (χ0) is 20.4. The summed E-state index contributed by atoms with van der Waals surface area (Å²) in [6.45, 7) is 1.03. The molecule has 0 bridgehead atoms. The number of rotatable bonds is 5. The molecule has 1 fully saturated rings. The van der Waals surface area contributed by atoms with E-state index < -0.39 is 27.7 Å². The van der Waals surface area contributed by atoms with Crippen LogP contribution in [-0.4, -0.2) is 31.7 Å². The van der Waals surface area contributed by atoms with Gasteiger partial charge in [0.15, 0.2) is 0 Å². The maximum absolute atomic E-state index is 13.0. The van der Waals surface area contributed by atoms with Gasteiger partial charge in [-0.15, -0.1) is 0 Å². The van der Waals surface area contributed by atoms with Crippen LogP contribution in [0.4, 0.5) is 18.9 Å². The molecule has 0 radical (unpaired) electrons. The quantitative estimate of drug-likeness (QED) is 0.811. The molecule has 5 nitrogen and oxygen atoms in total. The number of carbonyl (C=O) groups excluding carboxylic acids is 1. The van der Waals surface area contributed by atoms with E-state index >= 15 is 0 Å². The van der Waals surface area contributed by atoms with Gasteiger partial charge < -0.3 is 5.32 Å². The molecule has 0 aliphatic carbocycles. The molecule has 2 aromatic rings.